The van der Waals surface area contributed by atoms with Crippen molar-refractivity contribution in [1.29, 1.82) is 0 Å². The van der Waals surface area contributed by atoms with Gasteiger partial charge in [-0.25, -0.2) is 0 Å². The highest BCUT2D eigenvalue weighted by molar-refractivity contribution is 8.00. The molecule has 11 heavy (non-hydrogen) atoms. The van der Waals surface area contributed by atoms with E-state index in [1.165, 1.54) is 0 Å². The predicted molar refractivity (Wildman–Crippen MR) is 47.9 cm³/mol. The number of hydrogen-bond acceptors (Lipinski definition) is 3. The van der Waals surface area contributed by atoms with E-state index in [0.717, 1.165) is 12.4 Å². The van der Waals surface area contributed by atoms with Crippen LogP contribution in [0.15, 0.2) is 0 Å². The van der Waals surface area contributed by atoms with Crippen LogP contribution in [0.5, 0.6) is 0 Å². The van der Waals surface area contributed by atoms with E-state index >= 15 is 0 Å². The van der Waals surface area contributed by atoms with E-state index < -0.39 is 0 Å². The quantitative estimate of drug-likeness (QED) is 0.654. The Kier molecular flexibility index (Phi) is 3.69. The zero-order valence-corrected chi connectivity index (χ0v) is 8.19. The van der Waals surface area contributed by atoms with Crippen molar-refractivity contribution in [2.75, 3.05) is 12.4 Å². The smallest absolute Gasteiger partial charge is 0.127 e. The van der Waals surface area contributed by atoms with E-state index in [-0.39, 0.29) is 5.44 Å². The molecule has 0 bridgehead atoms. The fourth-order valence-corrected chi connectivity index (χ4v) is 1.95. The van der Waals surface area contributed by atoms with Gasteiger partial charge in [0.15, 0.2) is 0 Å². The van der Waals surface area contributed by atoms with Gasteiger partial charge in [-0.3, -0.25) is 0 Å². The normalized spacial score (nSPS) is 31.6. The fourth-order valence-electron chi connectivity index (χ4n) is 0.939. The van der Waals surface area contributed by atoms with Crippen LogP contribution in [0.2, 0.25) is 0 Å². The van der Waals surface area contributed by atoms with Gasteiger partial charge in [0.05, 0.1) is 18.8 Å². The lowest BCUT2D eigenvalue weighted by molar-refractivity contribution is -0.00714. The molecule has 0 aliphatic carbocycles. The van der Waals surface area contributed by atoms with E-state index in [4.69, 9.17) is 9.47 Å². The van der Waals surface area contributed by atoms with Crippen LogP contribution in [-0.4, -0.2) is 30.0 Å². The molecule has 0 amide bonds. The molecular formula is C8H16O2S. The highest BCUT2D eigenvalue weighted by Crippen LogP contribution is 2.24. The molecule has 0 aromatic rings. The molecule has 0 aromatic carbocycles. The zero-order valence-electron chi connectivity index (χ0n) is 7.37. The SMILES string of the molecule is CC(C)OCC1OC(C)CS1. The van der Waals surface area contributed by atoms with Crippen LogP contribution in [-0.2, 0) is 9.47 Å². The highest BCUT2D eigenvalue weighted by atomic mass is 32.2. The summed E-state index contributed by atoms with van der Waals surface area (Å²) in [5, 5.41) is 0. The summed E-state index contributed by atoms with van der Waals surface area (Å²) >= 11 is 1.85. The summed E-state index contributed by atoms with van der Waals surface area (Å²) in [6.45, 7) is 6.92. The van der Waals surface area contributed by atoms with Gasteiger partial charge >= 0.3 is 0 Å². The molecule has 2 unspecified atom stereocenters. The minimum absolute atomic E-state index is 0.271. The third-order valence-electron chi connectivity index (χ3n) is 1.47. The molecule has 0 aromatic heterocycles. The molecule has 3 heteroatoms. The van der Waals surface area contributed by atoms with Gasteiger partial charge in [-0.15, -0.1) is 11.8 Å². The molecule has 0 spiro atoms. The largest absolute Gasteiger partial charge is 0.375 e. The molecule has 1 aliphatic rings. The van der Waals surface area contributed by atoms with Crippen LogP contribution in [0.25, 0.3) is 0 Å². The van der Waals surface area contributed by atoms with Gasteiger partial charge < -0.3 is 9.47 Å². The van der Waals surface area contributed by atoms with Crippen LogP contribution < -0.4 is 0 Å². The molecule has 1 aliphatic heterocycles. The van der Waals surface area contributed by atoms with Gasteiger partial charge in [0.25, 0.3) is 0 Å². The molecular weight excluding hydrogens is 160 g/mol. The third kappa shape index (κ3) is 3.45. The van der Waals surface area contributed by atoms with E-state index in [1.54, 1.807) is 0 Å². The molecule has 1 heterocycles. The Hall–Kier alpha value is 0.270. The monoisotopic (exact) mass is 176 g/mol. The topological polar surface area (TPSA) is 18.5 Å². The van der Waals surface area contributed by atoms with Gasteiger partial charge in [-0.2, -0.15) is 0 Å². The number of hydrogen-bond donors (Lipinski definition) is 0. The first kappa shape index (κ1) is 9.36. The molecule has 0 N–H and O–H groups in total. The van der Waals surface area contributed by atoms with Crippen molar-refractivity contribution in [3.63, 3.8) is 0 Å². The molecule has 2 atom stereocenters. The minimum Gasteiger partial charge on any atom is -0.375 e. The second-order valence-electron chi connectivity index (χ2n) is 3.09. The first-order chi connectivity index (χ1) is 5.18. The number of rotatable bonds is 3. The summed E-state index contributed by atoms with van der Waals surface area (Å²) in [5.74, 6) is 1.10. The number of thioether (sulfide) groups is 1. The average molecular weight is 176 g/mol. The average Bonchev–Trinajstić information content (AvgIpc) is 2.31. The van der Waals surface area contributed by atoms with Gasteiger partial charge in [-0.05, 0) is 20.8 Å². The summed E-state index contributed by atoms with van der Waals surface area (Å²) in [5.41, 5.74) is 0.271. The Morgan fingerprint density at radius 2 is 2.36 bits per heavy atom. The number of ether oxygens (including phenoxy) is 2. The maximum atomic E-state index is 5.55. The van der Waals surface area contributed by atoms with Gasteiger partial charge in [0.1, 0.15) is 5.44 Å². The molecule has 1 fully saturated rings. The highest BCUT2D eigenvalue weighted by Gasteiger charge is 2.22. The molecule has 66 valence electrons. The molecule has 1 saturated heterocycles. The molecule has 1 rings (SSSR count). The van der Waals surface area contributed by atoms with Crippen molar-refractivity contribution in [3.05, 3.63) is 0 Å². The first-order valence-corrected chi connectivity index (χ1v) is 5.12. The molecule has 0 saturated carbocycles. The summed E-state index contributed by atoms with van der Waals surface area (Å²) < 4.78 is 11.0. The second-order valence-corrected chi connectivity index (χ2v) is 4.28. The first-order valence-electron chi connectivity index (χ1n) is 4.07. The van der Waals surface area contributed by atoms with Crippen LogP contribution in [0.3, 0.4) is 0 Å². The standard InChI is InChI=1S/C8H16O2S/c1-6(2)9-4-8-10-7(3)5-11-8/h6-8H,4-5H2,1-3H3. The minimum atomic E-state index is 0.271. The Morgan fingerprint density at radius 1 is 1.64 bits per heavy atom. The lowest BCUT2D eigenvalue weighted by Crippen LogP contribution is -2.16. The van der Waals surface area contributed by atoms with Crippen molar-refractivity contribution in [1.82, 2.24) is 0 Å². The Morgan fingerprint density at radius 3 is 2.82 bits per heavy atom. The van der Waals surface area contributed by atoms with E-state index in [0.29, 0.717) is 12.2 Å². The Balaban J connectivity index is 2.08. The third-order valence-corrected chi connectivity index (χ3v) is 2.75. The summed E-state index contributed by atoms with van der Waals surface area (Å²) in [6, 6.07) is 0. The fraction of sp³-hybridized carbons (Fsp3) is 1.00. The van der Waals surface area contributed by atoms with Crippen LogP contribution in [0, 0.1) is 0 Å². The maximum absolute atomic E-state index is 5.55. The Labute approximate surface area is 72.6 Å². The van der Waals surface area contributed by atoms with E-state index in [1.807, 2.05) is 25.6 Å². The Bertz CT molecular complexity index is 117. The molecule has 0 radical (unpaired) electrons. The van der Waals surface area contributed by atoms with Crippen molar-refractivity contribution >= 4 is 11.8 Å². The van der Waals surface area contributed by atoms with Gasteiger partial charge in [0, 0.05) is 5.75 Å². The van der Waals surface area contributed by atoms with Crippen LogP contribution >= 0.6 is 11.8 Å². The molecule has 2 nitrogen and oxygen atoms in total. The van der Waals surface area contributed by atoms with Crippen molar-refractivity contribution in [3.8, 4) is 0 Å². The summed E-state index contributed by atoms with van der Waals surface area (Å²) in [4.78, 5) is 0. The predicted octanol–water partition coefficient (Wildman–Crippen LogP) is 1.89. The van der Waals surface area contributed by atoms with Crippen molar-refractivity contribution < 1.29 is 9.47 Å². The summed E-state index contributed by atoms with van der Waals surface area (Å²) in [7, 11) is 0. The maximum Gasteiger partial charge on any atom is 0.127 e. The van der Waals surface area contributed by atoms with E-state index in [9.17, 15) is 0 Å². The zero-order chi connectivity index (χ0) is 8.27. The summed E-state index contributed by atoms with van der Waals surface area (Å²) in [6.07, 6.45) is 0.718. The van der Waals surface area contributed by atoms with Gasteiger partial charge in [-0.1, -0.05) is 0 Å². The lowest BCUT2D eigenvalue weighted by Gasteiger charge is -2.12. The van der Waals surface area contributed by atoms with Crippen LogP contribution in [0.1, 0.15) is 20.8 Å². The van der Waals surface area contributed by atoms with Crippen LogP contribution in [0.4, 0.5) is 0 Å². The lowest BCUT2D eigenvalue weighted by atomic mass is 10.5. The second kappa shape index (κ2) is 4.33. The van der Waals surface area contributed by atoms with Gasteiger partial charge in [0.2, 0.25) is 0 Å². The van der Waals surface area contributed by atoms with Crippen molar-refractivity contribution in [2.24, 2.45) is 0 Å². The van der Waals surface area contributed by atoms with Crippen molar-refractivity contribution in [2.45, 2.75) is 38.4 Å². The van der Waals surface area contributed by atoms with E-state index in [2.05, 4.69) is 6.92 Å².